The molecular weight excluding hydrogens is 234 g/mol. The molecule has 1 atom stereocenters. The SMILES string of the molecule is CC(CNC(=O)O)OCCOCc1ccccc1. The summed E-state index contributed by atoms with van der Waals surface area (Å²) in [6.07, 6.45) is -1.19. The summed E-state index contributed by atoms with van der Waals surface area (Å²) < 4.78 is 10.8. The van der Waals surface area contributed by atoms with E-state index in [9.17, 15) is 4.79 Å². The van der Waals surface area contributed by atoms with E-state index < -0.39 is 6.09 Å². The smallest absolute Gasteiger partial charge is 0.404 e. The number of hydrogen-bond acceptors (Lipinski definition) is 3. The van der Waals surface area contributed by atoms with E-state index in [1.54, 1.807) is 0 Å². The maximum Gasteiger partial charge on any atom is 0.404 e. The minimum absolute atomic E-state index is 0.151. The summed E-state index contributed by atoms with van der Waals surface area (Å²) in [5.74, 6) is 0. The molecular formula is C13H19NO4. The summed E-state index contributed by atoms with van der Waals surface area (Å²) >= 11 is 0. The molecule has 100 valence electrons. The van der Waals surface area contributed by atoms with Crippen LogP contribution < -0.4 is 5.32 Å². The Labute approximate surface area is 107 Å². The van der Waals surface area contributed by atoms with Crippen LogP contribution in [-0.2, 0) is 16.1 Å². The fraction of sp³-hybridized carbons (Fsp3) is 0.462. The van der Waals surface area contributed by atoms with Crippen LogP contribution >= 0.6 is 0 Å². The van der Waals surface area contributed by atoms with Crippen molar-refractivity contribution < 1.29 is 19.4 Å². The molecule has 0 saturated carbocycles. The average molecular weight is 253 g/mol. The third-order valence-electron chi connectivity index (χ3n) is 2.28. The van der Waals surface area contributed by atoms with Crippen LogP contribution in [0.3, 0.4) is 0 Å². The van der Waals surface area contributed by atoms with Gasteiger partial charge in [0, 0.05) is 6.54 Å². The lowest BCUT2D eigenvalue weighted by Gasteiger charge is -2.12. The maximum atomic E-state index is 10.2. The largest absolute Gasteiger partial charge is 0.465 e. The predicted octanol–water partition coefficient (Wildman–Crippen LogP) is 1.88. The molecule has 0 radical (unpaired) electrons. The van der Waals surface area contributed by atoms with Crippen LogP contribution in [0.2, 0.25) is 0 Å². The lowest BCUT2D eigenvalue weighted by Crippen LogP contribution is -2.31. The fourth-order valence-corrected chi connectivity index (χ4v) is 1.36. The van der Waals surface area contributed by atoms with E-state index in [2.05, 4.69) is 5.32 Å². The van der Waals surface area contributed by atoms with E-state index in [1.807, 2.05) is 37.3 Å². The summed E-state index contributed by atoms with van der Waals surface area (Å²) in [7, 11) is 0. The Morgan fingerprint density at radius 2 is 2.06 bits per heavy atom. The first-order chi connectivity index (χ1) is 8.68. The number of nitrogens with one attached hydrogen (secondary N) is 1. The first-order valence-electron chi connectivity index (χ1n) is 5.88. The molecule has 1 amide bonds. The number of carboxylic acid groups (broad SMARTS) is 1. The molecule has 5 nitrogen and oxygen atoms in total. The molecule has 1 rings (SSSR count). The van der Waals surface area contributed by atoms with Gasteiger partial charge in [0.25, 0.3) is 0 Å². The monoisotopic (exact) mass is 253 g/mol. The Morgan fingerprint density at radius 3 is 2.72 bits per heavy atom. The lowest BCUT2D eigenvalue weighted by molar-refractivity contribution is 0.00825. The topological polar surface area (TPSA) is 67.8 Å². The van der Waals surface area contributed by atoms with Crippen molar-refractivity contribution in [2.75, 3.05) is 19.8 Å². The zero-order valence-electron chi connectivity index (χ0n) is 10.5. The van der Waals surface area contributed by atoms with Gasteiger partial charge in [-0.2, -0.15) is 0 Å². The normalized spacial score (nSPS) is 12.1. The van der Waals surface area contributed by atoms with Gasteiger partial charge in [-0.3, -0.25) is 0 Å². The van der Waals surface area contributed by atoms with E-state index in [0.717, 1.165) is 5.56 Å². The van der Waals surface area contributed by atoms with Gasteiger partial charge in [-0.25, -0.2) is 4.79 Å². The summed E-state index contributed by atoms with van der Waals surface area (Å²) in [4.78, 5) is 10.2. The van der Waals surface area contributed by atoms with Gasteiger partial charge in [0.15, 0.2) is 0 Å². The van der Waals surface area contributed by atoms with Gasteiger partial charge in [-0.15, -0.1) is 0 Å². The van der Waals surface area contributed by atoms with E-state index in [-0.39, 0.29) is 12.6 Å². The van der Waals surface area contributed by atoms with Crippen molar-refractivity contribution in [1.29, 1.82) is 0 Å². The fourth-order valence-electron chi connectivity index (χ4n) is 1.36. The van der Waals surface area contributed by atoms with Gasteiger partial charge in [-0.1, -0.05) is 30.3 Å². The molecule has 5 heteroatoms. The third-order valence-corrected chi connectivity index (χ3v) is 2.28. The highest BCUT2D eigenvalue weighted by Gasteiger charge is 2.03. The van der Waals surface area contributed by atoms with Crippen molar-refractivity contribution >= 4 is 6.09 Å². The Morgan fingerprint density at radius 1 is 1.33 bits per heavy atom. The minimum atomic E-state index is -1.04. The molecule has 0 saturated heterocycles. The van der Waals surface area contributed by atoms with Gasteiger partial charge in [-0.05, 0) is 12.5 Å². The molecule has 0 aliphatic carbocycles. The quantitative estimate of drug-likeness (QED) is 0.694. The van der Waals surface area contributed by atoms with Crippen molar-refractivity contribution in [2.24, 2.45) is 0 Å². The number of ether oxygens (including phenoxy) is 2. The molecule has 18 heavy (non-hydrogen) atoms. The predicted molar refractivity (Wildman–Crippen MR) is 67.5 cm³/mol. The molecule has 0 aromatic heterocycles. The molecule has 0 heterocycles. The Balaban J connectivity index is 2.00. The number of carbonyl (C=O) groups is 1. The summed E-state index contributed by atoms with van der Waals surface area (Å²) in [6.45, 7) is 3.61. The van der Waals surface area contributed by atoms with Gasteiger partial charge >= 0.3 is 6.09 Å². The third kappa shape index (κ3) is 6.88. The van der Waals surface area contributed by atoms with Crippen molar-refractivity contribution in [3.63, 3.8) is 0 Å². The van der Waals surface area contributed by atoms with E-state index in [1.165, 1.54) is 0 Å². The first-order valence-corrected chi connectivity index (χ1v) is 5.88. The second kappa shape index (κ2) is 8.49. The Hall–Kier alpha value is -1.59. The number of hydrogen-bond donors (Lipinski definition) is 2. The average Bonchev–Trinajstić information content (AvgIpc) is 2.37. The van der Waals surface area contributed by atoms with Crippen LogP contribution in [0, 0.1) is 0 Å². The van der Waals surface area contributed by atoms with Crippen molar-refractivity contribution in [2.45, 2.75) is 19.6 Å². The zero-order valence-corrected chi connectivity index (χ0v) is 10.5. The summed E-state index contributed by atoms with van der Waals surface area (Å²) in [5, 5.41) is 10.7. The lowest BCUT2D eigenvalue weighted by atomic mass is 10.2. The van der Waals surface area contributed by atoms with Crippen LogP contribution in [0.15, 0.2) is 30.3 Å². The molecule has 0 fully saturated rings. The molecule has 2 N–H and O–H groups in total. The van der Waals surface area contributed by atoms with Crippen LogP contribution in [0.5, 0.6) is 0 Å². The minimum Gasteiger partial charge on any atom is -0.465 e. The summed E-state index contributed by atoms with van der Waals surface area (Å²) in [6, 6.07) is 9.90. The zero-order chi connectivity index (χ0) is 13.2. The maximum absolute atomic E-state index is 10.2. The van der Waals surface area contributed by atoms with Crippen LogP contribution in [0.25, 0.3) is 0 Å². The molecule has 0 aliphatic rings. The van der Waals surface area contributed by atoms with Gasteiger partial charge in [0.1, 0.15) is 0 Å². The first kappa shape index (κ1) is 14.5. The number of amides is 1. The Kier molecular flexibility index (Phi) is 6.83. The van der Waals surface area contributed by atoms with E-state index in [0.29, 0.717) is 19.8 Å². The molecule has 1 unspecified atom stereocenters. The second-order valence-corrected chi connectivity index (χ2v) is 3.91. The van der Waals surface area contributed by atoms with Crippen molar-refractivity contribution in [1.82, 2.24) is 5.32 Å². The number of benzene rings is 1. The van der Waals surface area contributed by atoms with Crippen molar-refractivity contribution in [3.05, 3.63) is 35.9 Å². The molecule has 1 aromatic carbocycles. The highest BCUT2D eigenvalue weighted by atomic mass is 16.5. The van der Waals surface area contributed by atoms with Crippen LogP contribution in [0.1, 0.15) is 12.5 Å². The van der Waals surface area contributed by atoms with E-state index in [4.69, 9.17) is 14.6 Å². The molecule has 0 spiro atoms. The number of rotatable bonds is 8. The molecule has 0 bridgehead atoms. The highest BCUT2D eigenvalue weighted by molar-refractivity contribution is 5.64. The molecule has 0 aliphatic heterocycles. The van der Waals surface area contributed by atoms with Gasteiger partial charge in [0.2, 0.25) is 0 Å². The summed E-state index contributed by atoms with van der Waals surface area (Å²) in [5.41, 5.74) is 1.12. The van der Waals surface area contributed by atoms with Gasteiger partial charge in [0.05, 0.1) is 25.9 Å². The van der Waals surface area contributed by atoms with Crippen molar-refractivity contribution in [3.8, 4) is 0 Å². The van der Waals surface area contributed by atoms with Gasteiger partial charge < -0.3 is 19.9 Å². The Bertz CT molecular complexity index is 342. The highest BCUT2D eigenvalue weighted by Crippen LogP contribution is 2.00. The van der Waals surface area contributed by atoms with E-state index >= 15 is 0 Å². The van der Waals surface area contributed by atoms with Crippen LogP contribution in [-0.4, -0.2) is 37.1 Å². The standard InChI is InChI=1S/C13H19NO4/c1-11(9-14-13(15)16)18-8-7-17-10-12-5-3-2-4-6-12/h2-6,11,14H,7-10H2,1H3,(H,15,16). The second-order valence-electron chi connectivity index (χ2n) is 3.91. The van der Waals surface area contributed by atoms with Crippen LogP contribution in [0.4, 0.5) is 4.79 Å². The molecule has 1 aromatic rings.